The first-order valence-electron chi connectivity index (χ1n) is 13.8. The summed E-state index contributed by atoms with van der Waals surface area (Å²) in [6.07, 6.45) is -2.48. The van der Waals surface area contributed by atoms with Crippen molar-refractivity contribution in [2.75, 3.05) is 6.54 Å². The number of alkyl halides is 3. The van der Waals surface area contributed by atoms with E-state index in [-0.39, 0.29) is 53.5 Å². The molecule has 2 unspecified atom stereocenters. The van der Waals surface area contributed by atoms with E-state index in [1.54, 1.807) is 6.92 Å². The van der Waals surface area contributed by atoms with Gasteiger partial charge in [-0.25, -0.2) is 4.39 Å². The second kappa shape index (κ2) is 10.5. The fraction of sp³-hybridized carbons (Fsp3) is 0.586. The van der Waals surface area contributed by atoms with Crippen LogP contribution in [0, 0.1) is 28.5 Å². The van der Waals surface area contributed by atoms with E-state index in [0.29, 0.717) is 12.8 Å². The maximum atomic E-state index is 14.6. The minimum Gasteiger partial charge on any atom is -0.481 e. The van der Waals surface area contributed by atoms with Gasteiger partial charge in [0.05, 0.1) is 45.4 Å². The van der Waals surface area contributed by atoms with Crippen LogP contribution in [0.15, 0.2) is 18.3 Å². The Hall–Kier alpha value is -2.66. The number of hydrogen-bond donors (Lipinski definition) is 1. The van der Waals surface area contributed by atoms with Gasteiger partial charge in [0.25, 0.3) is 5.91 Å². The predicted molar refractivity (Wildman–Crippen MR) is 146 cm³/mol. The molecule has 1 amide bonds. The molecule has 0 radical (unpaired) electrons. The molecule has 42 heavy (non-hydrogen) atoms. The number of carboxylic acid groups (broad SMARTS) is 1. The van der Waals surface area contributed by atoms with Gasteiger partial charge in [0, 0.05) is 6.04 Å². The van der Waals surface area contributed by atoms with E-state index in [9.17, 15) is 37.1 Å². The third-order valence-electron chi connectivity index (χ3n) is 9.89. The molecular formula is C29H31Cl2F4N3O4. The summed E-state index contributed by atoms with van der Waals surface area (Å²) in [6, 6.07) is 0.868. The Labute approximate surface area is 250 Å². The lowest BCUT2D eigenvalue weighted by molar-refractivity contribution is -0.152. The minimum atomic E-state index is -4.96. The summed E-state index contributed by atoms with van der Waals surface area (Å²) in [5, 5.41) is 12.8. The molecule has 2 aromatic rings. The number of rotatable bonds is 7. The van der Waals surface area contributed by atoms with Crippen LogP contribution < -0.4 is 0 Å². The highest BCUT2D eigenvalue weighted by Crippen LogP contribution is 2.67. The zero-order valence-corrected chi connectivity index (χ0v) is 24.8. The molecule has 7 nitrogen and oxygen atoms in total. The lowest BCUT2D eigenvalue weighted by Gasteiger charge is -2.35. The van der Waals surface area contributed by atoms with Gasteiger partial charge in [-0.1, -0.05) is 37.0 Å². The summed E-state index contributed by atoms with van der Waals surface area (Å²) in [6.45, 7) is 5.10. The summed E-state index contributed by atoms with van der Waals surface area (Å²) >= 11 is 12.2. The standard InChI is InChI=1S/C29H31Cl2F4N3O4/c1-27(2)17-10-15(11-18(17)27)37(13-21(39)22-19(30)4-5-20(32)23(22)31)25(40)16-12-36-38(24(16)29(33,34)35)14-6-8-28(3,9-7-14)26(41)42/h4-5,12,14-15,17-18H,6-11,13H2,1-3H3,(H,41,42)/t14?,15?,17-,18?,28?/m0/s1. The van der Waals surface area contributed by atoms with Crippen LogP contribution in [-0.2, 0) is 11.0 Å². The number of carbonyl (C=O) groups is 3. The Balaban J connectivity index is 1.49. The van der Waals surface area contributed by atoms with Crippen molar-refractivity contribution < 1.29 is 37.1 Å². The Morgan fingerprint density at radius 1 is 1.10 bits per heavy atom. The predicted octanol–water partition coefficient (Wildman–Crippen LogP) is 7.31. The lowest BCUT2D eigenvalue weighted by atomic mass is 9.74. The lowest BCUT2D eigenvalue weighted by Crippen LogP contribution is -2.44. The molecule has 3 aliphatic rings. The molecule has 3 fully saturated rings. The van der Waals surface area contributed by atoms with Crippen LogP contribution in [0.5, 0.6) is 0 Å². The molecule has 13 heteroatoms. The molecule has 0 bridgehead atoms. The van der Waals surface area contributed by atoms with Crippen molar-refractivity contribution in [2.24, 2.45) is 22.7 Å². The van der Waals surface area contributed by atoms with Crippen LogP contribution in [0.2, 0.25) is 10.0 Å². The summed E-state index contributed by atoms with van der Waals surface area (Å²) in [5.74, 6) is -3.20. The van der Waals surface area contributed by atoms with Crippen LogP contribution in [0.3, 0.4) is 0 Å². The highest BCUT2D eigenvalue weighted by atomic mass is 35.5. The molecule has 0 spiro atoms. The molecule has 0 aliphatic heterocycles. The van der Waals surface area contributed by atoms with E-state index in [2.05, 4.69) is 18.9 Å². The number of amides is 1. The third kappa shape index (κ3) is 5.20. The van der Waals surface area contributed by atoms with Gasteiger partial charge >= 0.3 is 12.1 Å². The minimum absolute atomic E-state index is 0.0395. The molecule has 5 rings (SSSR count). The van der Waals surface area contributed by atoms with Gasteiger partial charge < -0.3 is 10.0 Å². The third-order valence-corrected chi connectivity index (χ3v) is 10.6. The summed E-state index contributed by atoms with van der Waals surface area (Å²) in [7, 11) is 0. The van der Waals surface area contributed by atoms with E-state index in [4.69, 9.17) is 23.2 Å². The molecule has 1 aromatic heterocycles. The number of ketones is 1. The average molecular weight is 632 g/mol. The van der Waals surface area contributed by atoms with Crippen LogP contribution in [-0.4, -0.2) is 50.0 Å². The topological polar surface area (TPSA) is 92.5 Å². The second-order valence-corrected chi connectivity index (χ2v) is 13.5. The normalized spacial score (nSPS) is 28.3. The molecular weight excluding hydrogens is 601 g/mol. The smallest absolute Gasteiger partial charge is 0.433 e. The number of carboxylic acids is 1. The number of Topliss-reactive ketones (excluding diaryl/α,β-unsaturated/α-hetero) is 1. The number of halogens is 6. The van der Waals surface area contributed by atoms with Gasteiger partial charge in [-0.05, 0) is 74.8 Å². The van der Waals surface area contributed by atoms with E-state index in [0.717, 1.165) is 27.9 Å². The van der Waals surface area contributed by atoms with Crippen molar-refractivity contribution in [3.8, 4) is 0 Å². The number of aromatic nitrogens is 2. The van der Waals surface area contributed by atoms with Gasteiger partial charge in [0.1, 0.15) is 5.82 Å². The van der Waals surface area contributed by atoms with Gasteiger partial charge in [-0.2, -0.15) is 18.3 Å². The quantitative estimate of drug-likeness (QED) is 0.196. The van der Waals surface area contributed by atoms with Gasteiger partial charge in [0.2, 0.25) is 0 Å². The van der Waals surface area contributed by atoms with E-state index >= 15 is 0 Å². The van der Waals surface area contributed by atoms with Crippen molar-refractivity contribution in [3.05, 3.63) is 51.0 Å². The molecule has 3 atom stereocenters. The zero-order valence-electron chi connectivity index (χ0n) is 23.3. The number of aliphatic carboxylic acids is 1. The van der Waals surface area contributed by atoms with Crippen molar-refractivity contribution in [1.29, 1.82) is 0 Å². The van der Waals surface area contributed by atoms with Crippen molar-refractivity contribution >= 4 is 40.9 Å². The first-order valence-corrected chi connectivity index (χ1v) is 14.6. The number of benzene rings is 1. The Kier molecular flexibility index (Phi) is 7.70. The van der Waals surface area contributed by atoms with E-state index in [1.807, 2.05) is 0 Å². The molecule has 228 valence electrons. The zero-order chi connectivity index (χ0) is 30.9. The maximum Gasteiger partial charge on any atom is 0.433 e. The number of nitrogens with zero attached hydrogens (tertiary/aromatic N) is 3. The van der Waals surface area contributed by atoms with Crippen LogP contribution >= 0.6 is 23.2 Å². The summed E-state index contributed by atoms with van der Waals surface area (Å²) in [4.78, 5) is 40.1. The number of fused-ring (bicyclic) bond motifs is 1. The van der Waals surface area contributed by atoms with E-state index < -0.39 is 70.0 Å². The van der Waals surface area contributed by atoms with Gasteiger partial charge in [-0.3, -0.25) is 19.1 Å². The van der Waals surface area contributed by atoms with Crippen molar-refractivity contribution in [1.82, 2.24) is 14.7 Å². The Bertz CT molecular complexity index is 1430. The van der Waals surface area contributed by atoms with Gasteiger partial charge in [-0.15, -0.1) is 0 Å². The van der Waals surface area contributed by atoms with Crippen molar-refractivity contribution in [3.63, 3.8) is 0 Å². The number of hydrogen-bond acceptors (Lipinski definition) is 4. The first kappa shape index (κ1) is 30.8. The fourth-order valence-electron chi connectivity index (χ4n) is 7.04. The maximum absolute atomic E-state index is 14.6. The van der Waals surface area contributed by atoms with Crippen molar-refractivity contribution in [2.45, 2.75) is 77.6 Å². The monoisotopic (exact) mass is 631 g/mol. The van der Waals surface area contributed by atoms with E-state index in [1.165, 1.54) is 0 Å². The molecule has 0 saturated heterocycles. The highest BCUT2D eigenvalue weighted by Gasteiger charge is 2.63. The second-order valence-electron chi connectivity index (χ2n) is 12.7. The Morgan fingerprint density at radius 3 is 2.24 bits per heavy atom. The SMILES string of the molecule is CC1(C(=O)O)CCC(n2ncc(C(=O)N(CC(=O)c3c(Cl)ccc(F)c3Cl)C3CC4[C@H](C3)C4(C)C)c2C(F)(F)F)CC1. The Morgan fingerprint density at radius 2 is 1.69 bits per heavy atom. The summed E-state index contributed by atoms with van der Waals surface area (Å²) < 4.78 is 58.6. The number of carbonyl (C=O) groups excluding carboxylic acids is 2. The van der Waals surface area contributed by atoms with Crippen LogP contribution in [0.4, 0.5) is 17.6 Å². The summed E-state index contributed by atoms with van der Waals surface area (Å²) in [5.41, 5.74) is -3.28. The molecule has 1 heterocycles. The fourth-order valence-corrected chi connectivity index (χ4v) is 7.63. The first-order chi connectivity index (χ1) is 19.5. The molecule has 1 N–H and O–H groups in total. The molecule has 3 aliphatic carbocycles. The molecule has 1 aromatic carbocycles. The van der Waals surface area contributed by atoms with Gasteiger partial charge in [0.15, 0.2) is 11.5 Å². The van der Waals surface area contributed by atoms with Crippen LogP contribution in [0.1, 0.15) is 91.7 Å². The largest absolute Gasteiger partial charge is 0.481 e. The van der Waals surface area contributed by atoms with Crippen LogP contribution in [0.25, 0.3) is 0 Å². The highest BCUT2D eigenvalue weighted by molar-refractivity contribution is 6.40. The molecule has 3 saturated carbocycles. The average Bonchev–Trinajstić information content (AvgIpc) is 3.33.